The number of nitrogens with one attached hydrogen (secondary N) is 1. The monoisotopic (exact) mass is 415 g/mol. The van der Waals surface area contributed by atoms with E-state index < -0.39 is 23.4 Å². The molecular weight excluding hydrogens is 398 g/mol. The Labute approximate surface area is 159 Å². The molecule has 0 spiro atoms. The van der Waals surface area contributed by atoms with Gasteiger partial charge in [-0.15, -0.1) is 0 Å². The number of esters is 1. The molecule has 2 atom stereocenters. The summed E-state index contributed by atoms with van der Waals surface area (Å²) in [6.07, 6.45) is 2.94. The van der Waals surface area contributed by atoms with Gasteiger partial charge in [-0.25, -0.2) is 4.79 Å². The van der Waals surface area contributed by atoms with Gasteiger partial charge in [-0.1, -0.05) is 52.3 Å². The van der Waals surface area contributed by atoms with E-state index in [1.54, 1.807) is 37.3 Å². The lowest BCUT2D eigenvalue weighted by Gasteiger charge is -2.27. The molecule has 2 N–H and O–H groups in total. The summed E-state index contributed by atoms with van der Waals surface area (Å²) in [6, 6.07) is 14.3. The van der Waals surface area contributed by atoms with Crippen LogP contribution in [-0.2, 0) is 14.3 Å². The van der Waals surface area contributed by atoms with Gasteiger partial charge >= 0.3 is 5.97 Å². The maximum absolute atomic E-state index is 12.6. The first-order valence-corrected chi connectivity index (χ1v) is 8.99. The average molecular weight is 416 g/mol. The maximum Gasteiger partial charge on any atom is 0.343 e. The molecule has 0 aromatic heterocycles. The van der Waals surface area contributed by atoms with Crippen molar-refractivity contribution in [3.8, 4) is 0 Å². The normalized spacial score (nSPS) is 18.3. The van der Waals surface area contributed by atoms with Crippen molar-refractivity contribution in [2.75, 3.05) is 11.9 Å². The lowest BCUT2D eigenvalue weighted by molar-refractivity contribution is -0.163. The highest BCUT2D eigenvalue weighted by atomic mass is 79.9. The molecule has 2 unspecified atom stereocenters. The van der Waals surface area contributed by atoms with E-state index in [2.05, 4.69) is 21.2 Å². The van der Waals surface area contributed by atoms with E-state index in [4.69, 9.17) is 4.74 Å². The molecule has 6 heteroatoms. The molecule has 134 valence electrons. The van der Waals surface area contributed by atoms with E-state index in [-0.39, 0.29) is 6.61 Å². The molecule has 0 saturated carbocycles. The number of hydrogen-bond donors (Lipinski definition) is 2. The molecule has 1 heterocycles. The van der Waals surface area contributed by atoms with Crippen LogP contribution in [0, 0.1) is 0 Å². The second-order valence-corrected chi connectivity index (χ2v) is 6.86. The zero-order valence-electron chi connectivity index (χ0n) is 14.1. The van der Waals surface area contributed by atoms with Crippen molar-refractivity contribution in [1.29, 1.82) is 0 Å². The molecule has 0 fully saturated rings. The smallest absolute Gasteiger partial charge is 0.343 e. The van der Waals surface area contributed by atoms with E-state index in [1.807, 2.05) is 24.3 Å². The van der Waals surface area contributed by atoms with Crippen LogP contribution in [0.5, 0.6) is 0 Å². The van der Waals surface area contributed by atoms with Crippen molar-refractivity contribution in [3.63, 3.8) is 0 Å². The summed E-state index contributed by atoms with van der Waals surface area (Å²) in [5.41, 5.74) is -0.182. The Bertz CT molecular complexity index is 862. The summed E-state index contributed by atoms with van der Waals surface area (Å²) >= 11 is 3.36. The van der Waals surface area contributed by atoms with Crippen LogP contribution >= 0.6 is 15.9 Å². The summed E-state index contributed by atoms with van der Waals surface area (Å²) in [6.45, 7) is 1.75. The van der Waals surface area contributed by atoms with Gasteiger partial charge < -0.3 is 15.2 Å². The van der Waals surface area contributed by atoms with Crippen molar-refractivity contribution in [2.24, 2.45) is 0 Å². The number of carbonyl (C=O) groups excluding carboxylic acids is 2. The zero-order chi connectivity index (χ0) is 18.7. The van der Waals surface area contributed by atoms with Gasteiger partial charge in [-0.3, -0.25) is 4.79 Å². The second kappa shape index (κ2) is 7.43. The lowest BCUT2D eigenvalue weighted by atomic mass is 9.82. The van der Waals surface area contributed by atoms with Gasteiger partial charge in [0.05, 0.1) is 6.61 Å². The van der Waals surface area contributed by atoms with Crippen LogP contribution in [0.4, 0.5) is 5.69 Å². The number of carbonyl (C=O) groups is 2. The van der Waals surface area contributed by atoms with Crippen molar-refractivity contribution >= 4 is 39.6 Å². The topological polar surface area (TPSA) is 75.6 Å². The highest BCUT2D eigenvalue weighted by molar-refractivity contribution is 9.10. The number of halogens is 1. The third-order valence-electron chi connectivity index (χ3n) is 4.23. The molecule has 2 aromatic rings. The fourth-order valence-electron chi connectivity index (χ4n) is 2.97. The van der Waals surface area contributed by atoms with E-state index in [1.165, 1.54) is 6.08 Å². The minimum atomic E-state index is -2.11. The van der Waals surface area contributed by atoms with Crippen molar-refractivity contribution in [3.05, 3.63) is 70.2 Å². The molecule has 0 radical (unpaired) electrons. The predicted octanol–water partition coefficient (Wildman–Crippen LogP) is 3.49. The molecule has 1 aliphatic heterocycles. The third kappa shape index (κ3) is 3.43. The SMILES string of the molecule is CCOC(=O)C(O)(/C=C/c1ccc(Br)cc1)C1C(=O)Nc2ccccc21. The number of amides is 1. The fourth-order valence-corrected chi connectivity index (χ4v) is 3.24. The lowest BCUT2D eigenvalue weighted by Crippen LogP contribution is -2.46. The maximum atomic E-state index is 12.6. The van der Waals surface area contributed by atoms with Crippen LogP contribution < -0.4 is 5.32 Å². The Balaban J connectivity index is 2.03. The number of rotatable bonds is 5. The van der Waals surface area contributed by atoms with Crippen LogP contribution in [-0.4, -0.2) is 29.2 Å². The summed E-state index contributed by atoms with van der Waals surface area (Å²) in [4.78, 5) is 25.1. The number of para-hydroxylation sites is 1. The van der Waals surface area contributed by atoms with Gasteiger partial charge in [0.25, 0.3) is 0 Å². The van der Waals surface area contributed by atoms with Crippen LogP contribution in [0.1, 0.15) is 24.0 Å². The number of ether oxygens (including phenoxy) is 1. The summed E-state index contributed by atoms with van der Waals surface area (Å²) in [5, 5.41) is 13.9. The van der Waals surface area contributed by atoms with Gasteiger partial charge in [-0.05, 0) is 42.3 Å². The standard InChI is InChI=1S/C20H18BrNO4/c1-2-26-19(24)20(25,12-11-13-7-9-14(21)10-8-13)17-15-5-3-4-6-16(15)22-18(17)23/h3-12,17,25H,2H2,1H3,(H,22,23)/b12-11+. The van der Waals surface area contributed by atoms with Gasteiger partial charge in [0.1, 0.15) is 5.92 Å². The van der Waals surface area contributed by atoms with Crippen LogP contribution in [0.15, 0.2) is 59.1 Å². The molecule has 5 nitrogen and oxygen atoms in total. The van der Waals surface area contributed by atoms with E-state index in [9.17, 15) is 14.7 Å². The molecule has 0 saturated heterocycles. The van der Waals surface area contributed by atoms with Gasteiger partial charge in [0, 0.05) is 10.2 Å². The first-order chi connectivity index (χ1) is 12.5. The number of anilines is 1. The number of fused-ring (bicyclic) bond motifs is 1. The van der Waals surface area contributed by atoms with Gasteiger partial charge in [-0.2, -0.15) is 0 Å². The molecular formula is C20H18BrNO4. The highest BCUT2D eigenvalue weighted by Crippen LogP contribution is 2.41. The highest BCUT2D eigenvalue weighted by Gasteiger charge is 2.51. The molecule has 1 amide bonds. The second-order valence-electron chi connectivity index (χ2n) is 5.94. The fraction of sp³-hybridized carbons (Fsp3) is 0.200. The minimum Gasteiger partial charge on any atom is -0.464 e. The molecule has 2 aromatic carbocycles. The molecule has 3 rings (SSSR count). The van der Waals surface area contributed by atoms with Crippen LogP contribution in [0.25, 0.3) is 6.08 Å². The Morgan fingerprint density at radius 1 is 1.27 bits per heavy atom. The largest absolute Gasteiger partial charge is 0.464 e. The quantitative estimate of drug-likeness (QED) is 0.732. The first kappa shape index (κ1) is 18.4. The van der Waals surface area contributed by atoms with E-state index in [0.29, 0.717) is 11.3 Å². The Morgan fingerprint density at radius 3 is 2.65 bits per heavy atom. The summed E-state index contributed by atoms with van der Waals surface area (Å²) in [7, 11) is 0. The predicted molar refractivity (Wildman–Crippen MR) is 103 cm³/mol. The van der Waals surface area contributed by atoms with Crippen molar-refractivity contribution in [2.45, 2.75) is 18.4 Å². The first-order valence-electron chi connectivity index (χ1n) is 8.20. The third-order valence-corrected chi connectivity index (χ3v) is 4.76. The van der Waals surface area contributed by atoms with E-state index in [0.717, 1.165) is 10.0 Å². The zero-order valence-corrected chi connectivity index (χ0v) is 15.7. The summed E-state index contributed by atoms with van der Waals surface area (Å²) < 4.78 is 5.98. The number of benzene rings is 2. The Hall–Kier alpha value is -2.44. The molecule has 0 aliphatic carbocycles. The molecule has 0 bridgehead atoms. The number of aliphatic hydroxyl groups is 1. The van der Waals surface area contributed by atoms with E-state index >= 15 is 0 Å². The minimum absolute atomic E-state index is 0.100. The van der Waals surface area contributed by atoms with Crippen LogP contribution in [0.3, 0.4) is 0 Å². The molecule has 26 heavy (non-hydrogen) atoms. The van der Waals surface area contributed by atoms with Gasteiger partial charge in [0.15, 0.2) is 5.60 Å². The number of hydrogen-bond acceptors (Lipinski definition) is 4. The average Bonchev–Trinajstić information content (AvgIpc) is 2.97. The summed E-state index contributed by atoms with van der Waals surface area (Å²) in [5.74, 6) is -2.38. The Morgan fingerprint density at radius 2 is 1.96 bits per heavy atom. The van der Waals surface area contributed by atoms with Crippen molar-refractivity contribution in [1.82, 2.24) is 0 Å². The molecule has 1 aliphatic rings. The van der Waals surface area contributed by atoms with Crippen LogP contribution in [0.2, 0.25) is 0 Å². The van der Waals surface area contributed by atoms with Crippen molar-refractivity contribution < 1.29 is 19.4 Å². The Kier molecular flexibility index (Phi) is 5.25. The van der Waals surface area contributed by atoms with Gasteiger partial charge in [0.2, 0.25) is 5.91 Å².